The van der Waals surface area contributed by atoms with Crippen molar-refractivity contribution in [1.29, 1.82) is 0 Å². The molecule has 1 N–H and O–H groups in total. The Bertz CT molecular complexity index is 650. The van der Waals surface area contributed by atoms with Crippen LogP contribution in [0, 0.1) is 11.8 Å². The largest absolute Gasteiger partial charge is 0.478 e. The molecule has 0 radical (unpaired) electrons. The van der Waals surface area contributed by atoms with Crippen LogP contribution in [0.4, 0.5) is 0 Å². The topological polar surface area (TPSA) is 37.3 Å². The lowest BCUT2D eigenvalue weighted by Crippen LogP contribution is -1.95. The van der Waals surface area contributed by atoms with Crippen LogP contribution in [0.1, 0.15) is 22.3 Å². The van der Waals surface area contributed by atoms with Gasteiger partial charge < -0.3 is 5.11 Å². The van der Waals surface area contributed by atoms with E-state index in [2.05, 4.69) is 11.8 Å². The summed E-state index contributed by atoms with van der Waals surface area (Å²) >= 11 is 5.55. The van der Waals surface area contributed by atoms with Gasteiger partial charge in [-0.2, -0.15) is 0 Å². The first kappa shape index (κ1) is 12.5. The lowest BCUT2D eigenvalue weighted by Gasteiger charge is -2.00. The highest BCUT2D eigenvalue weighted by molar-refractivity contribution is 6.18. The number of benzene rings is 2. The Hall–Kier alpha value is -1.98. The number of hydrogen-bond donors (Lipinski definition) is 1. The number of hydrogen-bond acceptors (Lipinski definition) is 1. The van der Waals surface area contributed by atoms with Gasteiger partial charge in [0.25, 0.3) is 0 Å². The fourth-order valence-corrected chi connectivity index (χ4v) is 1.76. The predicted octanol–water partition coefficient (Wildman–Crippen LogP) is 3.52. The molecular formula is C15H11ClO2. The summed E-state index contributed by atoms with van der Waals surface area (Å²) in [6.45, 7) is 0. The summed E-state index contributed by atoms with van der Waals surface area (Å²) in [5.41, 5.74) is 1.21. The number of rotatable bonds is 2. The number of carboxylic acids is 1. The van der Waals surface area contributed by atoms with E-state index in [1.54, 1.807) is 18.2 Å². The van der Waals surface area contributed by atoms with Crippen molar-refractivity contribution < 1.29 is 9.90 Å². The third-order valence-corrected chi connectivity index (χ3v) is 2.73. The Morgan fingerprint density at radius 2 is 1.89 bits per heavy atom. The van der Waals surface area contributed by atoms with Gasteiger partial charge in [0.15, 0.2) is 0 Å². The van der Waals surface area contributed by atoms with Crippen LogP contribution in [0.5, 0.6) is 0 Å². The highest BCUT2D eigenvalue weighted by atomic mass is 35.5. The maximum absolute atomic E-state index is 10.9. The molecule has 0 unspecified atom stereocenters. The second-order valence-corrected chi connectivity index (χ2v) is 4.20. The first-order valence-electron chi connectivity index (χ1n) is 5.52. The van der Waals surface area contributed by atoms with Crippen molar-refractivity contribution in [3.63, 3.8) is 0 Å². The van der Waals surface area contributed by atoms with Crippen molar-refractivity contribution >= 4 is 28.3 Å². The summed E-state index contributed by atoms with van der Waals surface area (Å²) in [4.78, 5) is 10.9. The van der Waals surface area contributed by atoms with Gasteiger partial charge in [-0.1, -0.05) is 24.0 Å². The summed E-state index contributed by atoms with van der Waals surface area (Å²) in [5.74, 6) is 5.61. The van der Waals surface area contributed by atoms with Crippen molar-refractivity contribution in [1.82, 2.24) is 0 Å². The summed E-state index contributed by atoms with van der Waals surface area (Å²) in [7, 11) is 0. The van der Waals surface area contributed by atoms with Crippen LogP contribution in [0.15, 0.2) is 36.4 Å². The van der Waals surface area contributed by atoms with Crippen molar-refractivity contribution in [2.45, 2.75) is 6.42 Å². The van der Waals surface area contributed by atoms with E-state index in [0.29, 0.717) is 17.9 Å². The molecule has 0 heterocycles. The van der Waals surface area contributed by atoms with Gasteiger partial charge in [-0.25, -0.2) is 4.79 Å². The van der Waals surface area contributed by atoms with Gasteiger partial charge >= 0.3 is 5.97 Å². The predicted molar refractivity (Wildman–Crippen MR) is 73.1 cm³/mol. The fourth-order valence-electron chi connectivity index (χ4n) is 1.67. The van der Waals surface area contributed by atoms with Crippen LogP contribution in [0.25, 0.3) is 10.8 Å². The summed E-state index contributed by atoms with van der Waals surface area (Å²) in [5, 5.41) is 10.8. The maximum Gasteiger partial charge on any atom is 0.335 e. The lowest BCUT2D eigenvalue weighted by atomic mass is 10.0. The van der Waals surface area contributed by atoms with Crippen LogP contribution < -0.4 is 0 Å². The zero-order chi connectivity index (χ0) is 13.0. The number of carbonyl (C=O) groups is 1. The van der Waals surface area contributed by atoms with Gasteiger partial charge in [0.05, 0.1) is 5.56 Å². The number of aromatic carboxylic acids is 1. The van der Waals surface area contributed by atoms with Crippen LogP contribution in [0.2, 0.25) is 0 Å². The van der Waals surface area contributed by atoms with Gasteiger partial charge in [-0.3, -0.25) is 0 Å². The minimum atomic E-state index is -0.914. The van der Waals surface area contributed by atoms with E-state index in [4.69, 9.17) is 16.7 Å². The van der Waals surface area contributed by atoms with Crippen LogP contribution >= 0.6 is 11.6 Å². The molecule has 90 valence electrons. The number of fused-ring (bicyclic) bond motifs is 1. The molecule has 3 heteroatoms. The molecule has 2 aromatic carbocycles. The Morgan fingerprint density at radius 1 is 1.17 bits per heavy atom. The monoisotopic (exact) mass is 258 g/mol. The first-order chi connectivity index (χ1) is 8.70. The van der Waals surface area contributed by atoms with E-state index < -0.39 is 5.97 Å². The highest BCUT2D eigenvalue weighted by Gasteiger charge is 2.03. The molecule has 18 heavy (non-hydrogen) atoms. The fraction of sp³-hybridized carbons (Fsp3) is 0.133. The van der Waals surface area contributed by atoms with Gasteiger partial charge in [-0.05, 0) is 35.0 Å². The summed E-state index contributed by atoms with van der Waals surface area (Å²) < 4.78 is 0. The molecule has 0 fully saturated rings. The molecule has 0 aliphatic carbocycles. The van der Waals surface area contributed by atoms with Crippen LogP contribution in [-0.2, 0) is 0 Å². The molecule has 2 aromatic rings. The quantitative estimate of drug-likeness (QED) is 0.661. The van der Waals surface area contributed by atoms with Crippen LogP contribution in [0.3, 0.4) is 0 Å². The lowest BCUT2D eigenvalue weighted by molar-refractivity contribution is 0.0697. The van der Waals surface area contributed by atoms with E-state index in [1.807, 2.05) is 18.2 Å². The minimum Gasteiger partial charge on any atom is -0.478 e. The third kappa shape index (κ3) is 2.82. The molecular weight excluding hydrogens is 248 g/mol. The molecule has 2 nitrogen and oxygen atoms in total. The van der Waals surface area contributed by atoms with Crippen molar-refractivity contribution in [2.75, 3.05) is 5.88 Å². The van der Waals surface area contributed by atoms with E-state index in [-0.39, 0.29) is 0 Å². The molecule has 0 aromatic heterocycles. The Balaban J connectivity index is 2.39. The zero-order valence-corrected chi connectivity index (χ0v) is 10.4. The summed E-state index contributed by atoms with van der Waals surface area (Å²) in [6.07, 6.45) is 0.664. The Labute approximate surface area is 110 Å². The maximum atomic E-state index is 10.9. The SMILES string of the molecule is O=C(O)c1ccc2cc(C#CCCCl)ccc2c1. The molecule has 0 saturated carbocycles. The number of halogens is 1. The second-order valence-electron chi connectivity index (χ2n) is 3.82. The zero-order valence-electron chi connectivity index (χ0n) is 9.61. The normalized spacial score (nSPS) is 9.83. The Kier molecular flexibility index (Phi) is 3.86. The molecule has 0 atom stereocenters. The van der Waals surface area contributed by atoms with Gasteiger partial charge in [0.2, 0.25) is 0 Å². The first-order valence-corrected chi connectivity index (χ1v) is 6.06. The van der Waals surface area contributed by atoms with Gasteiger partial charge in [0, 0.05) is 17.9 Å². The second kappa shape index (κ2) is 5.57. The van der Waals surface area contributed by atoms with Crippen molar-refractivity contribution in [2.24, 2.45) is 0 Å². The molecule has 0 spiro atoms. The smallest absolute Gasteiger partial charge is 0.335 e. The van der Waals surface area contributed by atoms with Gasteiger partial charge in [0.1, 0.15) is 0 Å². The van der Waals surface area contributed by atoms with Crippen molar-refractivity contribution in [3.05, 3.63) is 47.5 Å². The van der Waals surface area contributed by atoms with Crippen molar-refractivity contribution in [3.8, 4) is 11.8 Å². The average Bonchev–Trinajstić information content (AvgIpc) is 2.38. The summed E-state index contributed by atoms with van der Waals surface area (Å²) in [6, 6.07) is 10.8. The van der Waals surface area contributed by atoms with E-state index in [0.717, 1.165) is 16.3 Å². The molecule has 0 amide bonds. The Morgan fingerprint density at radius 3 is 2.61 bits per heavy atom. The van der Waals surface area contributed by atoms with Gasteiger partial charge in [-0.15, -0.1) is 11.6 Å². The molecule has 2 rings (SSSR count). The van der Waals surface area contributed by atoms with Crippen LogP contribution in [-0.4, -0.2) is 17.0 Å². The molecule has 0 aliphatic rings. The average molecular weight is 259 g/mol. The standard InChI is InChI=1S/C15H11ClO2/c16-8-2-1-3-11-4-5-13-10-14(15(17)18)7-6-12(13)9-11/h4-7,9-10H,2,8H2,(H,17,18). The van der Waals surface area contributed by atoms with E-state index in [1.165, 1.54) is 0 Å². The molecule has 0 bridgehead atoms. The van der Waals surface area contributed by atoms with E-state index >= 15 is 0 Å². The van der Waals surface area contributed by atoms with E-state index in [9.17, 15) is 4.79 Å². The molecule has 0 aliphatic heterocycles. The minimum absolute atomic E-state index is 0.295. The number of carboxylic acid groups (broad SMARTS) is 1. The third-order valence-electron chi connectivity index (χ3n) is 2.54. The molecule has 0 saturated heterocycles. The number of alkyl halides is 1. The highest BCUT2D eigenvalue weighted by Crippen LogP contribution is 2.17.